The number of rotatable bonds is 3. The first-order valence-corrected chi connectivity index (χ1v) is 4.83. The van der Waals surface area contributed by atoms with Crippen molar-refractivity contribution in [1.29, 1.82) is 0 Å². The Morgan fingerprint density at radius 1 is 1.35 bits per heavy atom. The van der Waals surface area contributed by atoms with Crippen molar-refractivity contribution in [2.45, 2.75) is 25.6 Å². The summed E-state index contributed by atoms with van der Waals surface area (Å²) >= 11 is 0. The zero-order chi connectivity index (χ0) is 13.2. The molecular formula is C11H12F4O2. The van der Waals surface area contributed by atoms with E-state index in [0.717, 1.165) is 6.07 Å². The van der Waals surface area contributed by atoms with E-state index in [1.165, 1.54) is 13.2 Å². The van der Waals surface area contributed by atoms with Gasteiger partial charge in [0.2, 0.25) is 0 Å². The summed E-state index contributed by atoms with van der Waals surface area (Å²) in [5.41, 5.74) is 0.257. The summed E-state index contributed by atoms with van der Waals surface area (Å²) in [6.45, 7) is 1.59. The lowest BCUT2D eigenvalue weighted by atomic mass is 10.0. The molecule has 0 aliphatic rings. The van der Waals surface area contributed by atoms with Crippen molar-refractivity contribution in [3.63, 3.8) is 0 Å². The maximum Gasteiger partial charge on any atom is 0.414 e. The van der Waals surface area contributed by atoms with Crippen LogP contribution >= 0.6 is 0 Å². The molecule has 1 rings (SSSR count). The molecular weight excluding hydrogens is 240 g/mol. The minimum Gasteiger partial charge on any atom is -0.496 e. The number of aliphatic hydroxyl groups excluding tert-OH is 1. The Kier molecular flexibility index (Phi) is 3.98. The van der Waals surface area contributed by atoms with Gasteiger partial charge in [0.25, 0.3) is 0 Å². The van der Waals surface area contributed by atoms with Gasteiger partial charge in [-0.3, -0.25) is 0 Å². The average molecular weight is 252 g/mol. The first kappa shape index (κ1) is 13.8. The van der Waals surface area contributed by atoms with E-state index in [2.05, 4.69) is 0 Å². The van der Waals surface area contributed by atoms with Gasteiger partial charge in [0.15, 0.2) is 6.10 Å². The van der Waals surface area contributed by atoms with Gasteiger partial charge in [-0.25, -0.2) is 4.39 Å². The summed E-state index contributed by atoms with van der Waals surface area (Å²) < 4.78 is 54.8. The highest BCUT2D eigenvalue weighted by atomic mass is 19.4. The van der Waals surface area contributed by atoms with Gasteiger partial charge < -0.3 is 9.84 Å². The average Bonchev–Trinajstić information content (AvgIpc) is 2.19. The number of halogens is 4. The number of methoxy groups -OCH3 is 1. The molecule has 1 atom stereocenters. The highest BCUT2D eigenvalue weighted by Crippen LogP contribution is 2.29. The number of benzene rings is 1. The van der Waals surface area contributed by atoms with E-state index in [9.17, 15) is 17.6 Å². The van der Waals surface area contributed by atoms with Crippen molar-refractivity contribution in [3.05, 3.63) is 29.1 Å². The monoisotopic (exact) mass is 252 g/mol. The van der Waals surface area contributed by atoms with E-state index in [1.807, 2.05) is 0 Å². The molecule has 0 aliphatic carbocycles. The van der Waals surface area contributed by atoms with Crippen molar-refractivity contribution >= 4 is 0 Å². The third-order valence-electron chi connectivity index (χ3n) is 2.29. The second kappa shape index (κ2) is 4.91. The van der Waals surface area contributed by atoms with E-state index in [1.54, 1.807) is 6.92 Å². The van der Waals surface area contributed by atoms with Gasteiger partial charge in [0.05, 0.1) is 7.11 Å². The number of hydrogen-bond donors (Lipinski definition) is 1. The van der Waals surface area contributed by atoms with Gasteiger partial charge in [-0.05, 0) is 24.6 Å². The number of aryl methyl sites for hydroxylation is 1. The van der Waals surface area contributed by atoms with Gasteiger partial charge in [-0.2, -0.15) is 13.2 Å². The Morgan fingerprint density at radius 3 is 2.41 bits per heavy atom. The fourth-order valence-electron chi connectivity index (χ4n) is 1.43. The first-order chi connectivity index (χ1) is 7.75. The van der Waals surface area contributed by atoms with E-state index >= 15 is 0 Å². The fourth-order valence-corrected chi connectivity index (χ4v) is 1.43. The van der Waals surface area contributed by atoms with E-state index < -0.39 is 24.5 Å². The molecule has 0 saturated carbocycles. The normalized spacial score (nSPS) is 13.6. The number of alkyl halides is 3. The molecule has 0 fully saturated rings. The third-order valence-corrected chi connectivity index (χ3v) is 2.29. The minimum atomic E-state index is -4.78. The molecule has 96 valence electrons. The van der Waals surface area contributed by atoms with Crippen LogP contribution in [0.3, 0.4) is 0 Å². The molecule has 0 aromatic heterocycles. The molecule has 6 heteroatoms. The Bertz CT molecular complexity index is 401. The topological polar surface area (TPSA) is 29.5 Å². The molecule has 1 N–H and O–H groups in total. The van der Waals surface area contributed by atoms with E-state index in [4.69, 9.17) is 9.84 Å². The molecule has 0 radical (unpaired) electrons. The van der Waals surface area contributed by atoms with Gasteiger partial charge >= 0.3 is 6.18 Å². The number of aliphatic hydroxyl groups is 1. The lowest BCUT2D eigenvalue weighted by Crippen LogP contribution is -2.31. The highest BCUT2D eigenvalue weighted by molar-refractivity contribution is 5.39. The largest absolute Gasteiger partial charge is 0.496 e. The third kappa shape index (κ3) is 3.33. The van der Waals surface area contributed by atoms with Crippen LogP contribution in [-0.4, -0.2) is 24.5 Å². The molecule has 0 saturated heterocycles. The number of hydrogen-bond acceptors (Lipinski definition) is 2. The predicted octanol–water partition coefficient (Wildman–Crippen LogP) is 2.61. The van der Waals surface area contributed by atoms with Gasteiger partial charge in [0.1, 0.15) is 11.6 Å². The zero-order valence-corrected chi connectivity index (χ0v) is 9.31. The van der Waals surface area contributed by atoms with Crippen molar-refractivity contribution in [2.75, 3.05) is 7.11 Å². The highest BCUT2D eigenvalue weighted by Gasteiger charge is 2.39. The molecule has 0 bridgehead atoms. The Hall–Kier alpha value is -1.30. The molecule has 0 amide bonds. The SMILES string of the molecule is COc1cc(C)cc(F)c1CC(O)C(F)(F)F. The zero-order valence-electron chi connectivity index (χ0n) is 9.31. The van der Waals surface area contributed by atoms with Crippen molar-refractivity contribution in [2.24, 2.45) is 0 Å². The maximum absolute atomic E-state index is 13.5. The summed E-state index contributed by atoms with van der Waals surface area (Å²) in [5, 5.41) is 8.91. The van der Waals surface area contributed by atoms with E-state index in [0.29, 0.717) is 5.56 Å². The van der Waals surface area contributed by atoms with Crippen molar-refractivity contribution < 1.29 is 27.4 Å². The summed E-state index contributed by atoms with van der Waals surface area (Å²) in [7, 11) is 1.23. The second-order valence-electron chi connectivity index (χ2n) is 3.69. The Balaban J connectivity index is 3.06. The van der Waals surface area contributed by atoms with Crippen LogP contribution in [0, 0.1) is 12.7 Å². The standard InChI is InChI=1S/C11H12F4O2/c1-6-3-8(12)7(9(4-6)17-2)5-10(16)11(13,14)15/h3-4,10,16H,5H2,1-2H3. The minimum absolute atomic E-state index is 0.00537. The summed E-state index contributed by atoms with van der Waals surface area (Å²) in [4.78, 5) is 0. The summed E-state index contributed by atoms with van der Waals surface area (Å²) in [6.07, 6.45) is -8.24. The quantitative estimate of drug-likeness (QED) is 0.838. The van der Waals surface area contributed by atoms with Crippen LogP contribution in [-0.2, 0) is 6.42 Å². The van der Waals surface area contributed by atoms with Crippen molar-refractivity contribution in [1.82, 2.24) is 0 Å². The van der Waals surface area contributed by atoms with Crippen LogP contribution in [0.4, 0.5) is 17.6 Å². The lowest BCUT2D eigenvalue weighted by molar-refractivity contribution is -0.203. The van der Waals surface area contributed by atoms with Crippen LogP contribution in [0.15, 0.2) is 12.1 Å². The smallest absolute Gasteiger partial charge is 0.414 e. The molecule has 0 heterocycles. The van der Waals surface area contributed by atoms with Crippen molar-refractivity contribution in [3.8, 4) is 5.75 Å². The summed E-state index contributed by atoms with van der Waals surface area (Å²) in [5.74, 6) is -0.809. The van der Waals surface area contributed by atoms with Gasteiger partial charge in [-0.1, -0.05) is 0 Å². The Morgan fingerprint density at radius 2 is 1.94 bits per heavy atom. The molecule has 1 unspecified atom stereocenters. The predicted molar refractivity (Wildman–Crippen MR) is 53.5 cm³/mol. The maximum atomic E-state index is 13.5. The molecule has 1 aromatic carbocycles. The summed E-state index contributed by atoms with van der Waals surface area (Å²) in [6, 6.07) is 2.52. The van der Waals surface area contributed by atoms with Crippen LogP contribution in [0.5, 0.6) is 5.75 Å². The first-order valence-electron chi connectivity index (χ1n) is 4.83. The van der Waals surface area contributed by atoms with Crippen LogP contribution in [0.2, 0.25) is 0 Å². The Labute approximate surface area is 95.8 Å². The number of ether oxygens (including phenoxy) is 1. The van der Waals surface area contributed by atoms with Crippen LogP contribution in [0.25, 0.3) is 0 Å². The van der Waals surface area contributed by atoms with E-state index in [-0.39, 0.29) is 11.3 Å². The molecule has 0 spiro atoms. The van der Waals surface area contributed by atoms with Crippen LogP contribution in [0.1, 0.15) is 11.1 Å². The second-order valence-corrected chi connectivity index (χ2v) is 3.69. The molecule has 1 aromatic rings. The van der Waals surface area contributed by atoms with Crippen LogP contribution < -0.4 is 4.74 Å². The molecule has 0 aliphatic heterocycles. The fraction of sp³-hybridized carbons (Fsp3) is 0.455. The van der Waals surface area contributed by atoms with Gasteiger partial charge in [0, 0.05) is 12.0 Å². The molecule has 17 heavy (non-hydrogen) atoms. The lowest BCUT2D eigenvalue weighted by Gasteiger charge is -2.17. The van der Waals surface area contributed by atoms with Gasteiger partial charge in [-0.15, -0.1) is 0 Å². The molecule has 2 nitrogen and oxygen atoms in total.